The maximum atomic E-state index is 12.8. The van der Waals surface area contributed by atoms with Crippen LogP contribution in [0.4, 0.5) is 5.69 Å². The average Bonchev–Trinajstić information content (AvgIpc) is 3.27. The monoisotopic (exact) mass is 421 g/mol. The van der Waals surface area contributed by atoms with Crippen LogP contribution in [0.2, 0.25) is 0 Å². The maximum Gasteiger partial charge on any atom is 0.293 e. The van der Waals surface area contributed by atoms with Crippen molar-refractivity contribution in [3.63, 3.8) is 0 Å². The zero-order valence-corrected chi connectivity index (χ0v) is 17.8. The number of carbonyl (C=O) groups is 1. The van der Waals surface area contributed by atoms with Gasteiger partial charge in [-0.3, -0.25) is 4.79 Å². The zero-order chi connectivity index (χ0) is 21.8. The minimum atomic E-state index is -0.756. The first-order valence-corrected chi connectivity index (χ1v) is 10.4. The highest BCUT2D eigenvalue weighted by atomic mass is 16.5. The normalized spacial score (nSPS) is 15.1. The summed E-state index contributed by atoms with van der Waals surface area (Å²) < 4.78 is 6.64. The van der Waals surface area contributed by atoms with E-state index in [1.165, 1.54) is 22.3 Å². The van der Waals surface area contributed by atoms with E-state index in [9.17, 15) is 9.90 Å². The summed E-state index contributed by atoms with van der Waals surface area (Å²) in [7, 11) is 1.60. The number of ether oxygens (including phenoxy) is 1. The Kier molecular flexibility index (Phi) is 6.18. The molecule has 3 aromatic rings. The van der Waals surface area contributed by atoms with Crippen LogP contribution in [0.1, 0.15) is 27.8 Å². The number of aliphatic hydroxyl groups excluding tert-OH is 1. The molecule has 1 aliphatic rings. The molecule has 0 saturated carbocycles. The first-order valence-electron chi connectivity index (χ1n) is 10.4. The number of aromatic nitrogens is 3. The molecule has 162 valence electrons. The largest absolute Gasteiger partial charge is 0.497 e. The molecule has 1 aromatic heterocycles. The van der Waals surface area contributed by atoms with Gasteiger partial charge in [0.15, 0.2) is 0 Å². The van der Waals surface area contributed by atoms with Gasteiger partial charge in [0.25, 0.3) is 5.91 Å². The summed E-state index contributed by atoms with van der Waals surface area (Å²) in [4.78, 5) is 21.1. The van der Waals surface area contributed by atoms with E-state index >= 15 is 0 Å². The fourth-order valence-electron chi connectivity index (χ4n) is 3.72. The van der Waals surface area contributed by atoms with E-state index in [1.54, 1.807) is 36.3 Å². The zero-order valence-electron chi connectivity index (χ0n) is 17.8. The van der Waals surface area contributed by atoms with Crippen molar-refractivity contribution < 1.29 is 14.6 Å². The first kappa shape index (κ1) is 20.9. The number of nitrogens with zero attached hydrogens (tertiary/aromatic N) is 5. The summed E-state index contributed by atoms with van der Waals surface area (Å²) in [6.45, 7) is 5.08. The number of hydrogen-bond acceptors (Lipinski definition) is 6. The van der Waals surface area contributed by atoms with E-state index in [1.807, 2.05) is 0 Å². The number of carbonyl (C=O) groups excluding carboxylic acids is 1. The predicted molar refractivity (Wildman–Crippen MR) is 117 cm³/mol. The van der Waals surface area contributed by atoms with Crippen molar-refractivity contribution in [2.75, 3.05) is 38.2 Å². The van der Waals surface area contributed by atoms with E-state index < -0.39 is 6.10 Å². The molecule has 31 heavy (non-hydrogen) atoms. The molecular formula is C23H27N5O3. The Hall–Kier alpha value is -3.39. The quantitative estimate of drug-likeness (QED) is 0.658. The third-order valence-corrected chi connectivity index (χ3v) is 5.52. The Balaban J connectivity index is 1.34. The Labute approximate surface area is 181 Å². The number of aliphatic hydroxyl groups is 1. The lowest BCUT2D eigenvalue weighted by atomic mass is 10.1. The van der Waals surface area contributed by atoms with Crippen LogP contribution in [-0.4, -0.2) is 64.0 Å². The highest BCUT2D eigenvalue weighted by Crippen LogP contribution is 2.20. The third kappa shape index (κ3) is 4.86. The molecule has 1 fully saturated rings. The smallest absolute Gasteiger partial charge is 0.293 e. The molecule has 0 radical (unpaired) electrons. The molecule has 8 nitrogen and oxygen atoms in total. The minimum Gasteiger partial charge on any atom is -0.497 e. The molecule has 0 unspecified atom stereocenters. The van der Waals surface area contributed by atoms with Gasteiger partial charge in [0.2, 0.25) is 5.82 Å². The van der Waals surface area contributed by atoms with Crippen molar-refractivity contribution in [1.29, 1.82) is 0 Å². The number of piperazine rings is 1. The van der Waals surface area contributed by atoms with Gasteiger partial charge in [0.05, 0.1) is 19.8 Å². The third-order valence-electron chi connectivity index (χ3n) is 5.52. The molecule has 1 aliphatic heterocycles. The van der Waals surface area contributed by atoms with Crippen LogP contribution in [0.15, 0.2) is 54.9 Å². The summed E-state index contributed by atoms with van der Waals surface area (Å²) in [5.41, 5.74) is 3.15. The van der Waals surface area contributed by atoms with E-state index in [-0.39, 0.29) is 18.3 Å². The fourth-order valence-corrected chi connectivity index (χ4v) is 3.72. The number of aryl methyl sites for hydroxylation is 1. The summed E-state index contributed by atoms with van der Waals surface area (Å²) in [6.07, 6.45) is 0.733. The van der Waals surface area contributed by atoms with Crippen molar-refractivity contribution >= 4 is 11.6 Å². The van der Waals surface area contributed by atoms with Gasteiger partial charge in [-0.15, -0.1) is 5.10 Å². The molecule has 2 aromatic carbocycles. The lowest BCUT2D eigenvalue weighted by Gasteiger charge is -2.35. The fraction of sp³-hybridized carbons (Fsp3) is 0.348. The number of rotatable bonds is 6. The van der Waals surface area contributed by atoms with Gasteiger partial charge in [-0.05, 0) is 42.3 Å². The topological polar surface area (TPSA) is 83.7 Å². The molecule has 1 N–H and O–H groups in total. The molecule has 8 heteroatoms. The minimum absolute atomic E-state index is 0.158. The molecule has 0 bridgehead atoms. The number of hydrogen-bond donors (Lipinski definition) is 1. The molecule has 2 heterocycles. The SMILES string of the molecule is COc1ccc([C@@H](O)Cn2cnc(C(=O)N3CCN(c4cccc(C)c4)CC3)n2)cc1. The maximum absolute atomic E-state index is 12.8. The molecule has 4 rings (SSSR count). The Morgan fingerprint density at radius 1 is 1.13 bits per heavy atom. The van der Waals surface area contributed by atoms with Crippen LogP contribution in [0, 0.1) is 6.92 Å². The van der Waals surface area contributed by atoms with Crippen molar-refractivity contribution in [3.05, 3.63) is 71.8 Å². The average molecular weight is 422 g/mol. The highest BCUT2D eigenvalue weighted by Gasteiger charge is 2.25. The molecule has 1 atom stereocenters. The lowest BCUT2D eigenvalue weighted by Crippen LogP contribution is -2.49. The predicted octanol–water partition coefficient (Wildman–Crippen LogP) is 2.29. The number of methoxy groups -OCH3 is 1. The van der Waals surface area contributed by atoms with Crippen LogP contribution in [-0.2, 0) is 6.54 Å². The van der Waals surface area contributed by atoms with Gasteiger partial charge in [-0.1, -0.05) is 24.3 Å². The van der Waals surface area contributed by atoms with Crippen LogP contribution in [0.3, 0.4) is 0 Å². The van der Waals surface area contributed by atoms with Crippen LogP contribution in [0.5, 0.6) is 5.75 Å². The van der Waals surface area contributed by atoms with E-state index in [2.05, 4.69) is 46.2 Å². The lowest BCUT2D eigenvalue weighted by molar-refractivity contribution is 0.0733. The Morgan fingerprint density at radius 3 is 2.55 bits per heavy atom. The van der Waals surface area contributed by atoms with Crippen LogP contribution < -0.4 is 9.64 Å². The van der Waals surface area contributed by atoms with Crippen molar-refractivity contribution in [1.82, 2.24) is 19.7 Å². The number of amides is 1. The molecule has 1 saturated heterocycles. The number of benzene rings is 2. The molecule has 1 amide bonds. The molecule has 0 aliphatic carbocycles. The Morgan fingerprint density at radius 2 is 1.87 bits per heavy atom. The number of anilines is 1. The van der Waals surface area contributed by atoms with E-state index in [4.69, 9.17) is 4.74 Å². The van der Waals surface area contributed by atoms with Crippen LogP contribution >= 0.6 is 0 Å². The Bertz CT molecular complexity index is 1030. The van der Waals surface area contributed by atoms with Crippen molar-refractivity contribution in [2.24, 2.45) is 0 Å². The van der Waals surface area contributed by atoms with E-state index in [0.717, 1.165) is 24.4 Å². The van der Waals surface area contributed by atoms with Gasteiger partial charge in [-0.2, -0.15) is 0 Å². The summed E-state index contributed by atoms with van der Waals surface area (Å²) in [5.74, 6) is 0.708. The second-order valence-corrected chi connectivity index (χ2v) is 7.70. The highest BCUT2D eigenvalue weighted by molar-refractivity contribution is 5.90. The van der Waals surface area contributed by atoms with Crippen LogP contribution in [0.25, 0.3) is 0 Å². The van der Waals surface area contributed by atoms with Gasteiger partial charge in [0.1, 0.15) is 12.1 Å². The molecular weight excluding hydrogens is 394 g/mol. The summed E-state index contributed by atoms with van der Waals surface area (Å²) in [5, 5.41) is 14.8. The second kappa shape index (κ2) is 9.18. The molecule has 0 spiro atoms. The van der Waals surface area contributed by atoms with Crippen molar-refractivity contribution in [3.8, 4) is 5.75 Å². The van der Waals surface area contributed by atoms with Crippen molar-refractivity contribution in [2.45, 2.75) is 19.6 Å². The van der Waals surface area contributed by atoms with Gasteiger partial charge in [-0.25, -0.2) is 9.67 Å². The van der Waals surface area contributed by atoms with Gasteiger partial charge < -0.3 is 19.6 Å². The summed E-state index contributed by atoms with van der Waals surface area (Å²) in [6, 6.07) is 15.6. The standard InChI is InChI=1S/C23H27N5O3/c1-17-4-3-5-19(14-17)26-10-12-27(13-11-26)23(30)22-24-16-28(25-22)15-21(29)18-6-8-20(31-2)9-7-18/h3-9,14,16,21,29H,10-13,15H2,1-2H3/t21-/m0/s1. The first-order chi connectivity index (χ1) is 15.0. The van der Waals surface area contributed by atoms with Gasteiger partial charge >= 0.3 is 0 Å². The second-order valence-electron chi connectivity index (χ2n) is 7.70. The van der Waals surface area contributed by atoms with E-state index in [0.29, 0.717) is 13.1 Å². The summed E-state index contributed by atoms with van der Waals surface area (Å²) >= 11 is 0. The van der Waals surface area contributed by atoms with Gasteiger partial charge in [0, 0.05) is 31.9 Å².